The Morgan fingerprint density at radius 3 is 2.89 bits per heavy atom. The number of likely N-dealkylation sites (N-methyl/N-ethyl adjacent to an activating group) is 1. The van der Waals surface area contributed by atoms with E-state index in [1.807, 2.05) is 11.8 Å². The van der Waals surface area contributed by atoms with Crippen molar-refractivity contribution >= 4 is 11.8 Å². The summed E-state index contributed by atoms with van der Waals surface area (Å²) in [4.78, 5) is 2.29. The molecule has 0 radical (unpaired) electrons. The van der Waals surface area contributed by atoms with Crippen LogP contribution in [0.5, 0.6) is 0 Å². The van der Waals surface area contributed by atoms with Crippen molar-refractivity contribution in [1.82, 2.24) is 4.90 Å². The first-order chi connectivity index (χ1) is 9.08. The molecule has 1 N–H and O–H groups in total. The third-order valence-corrected chi connectivity index (χ3v) is 4.79. The van der Waals surface area contributed by atoms with Crippen molar-refractivity contribution in [1.29, 1.82) is 0 Å². The monoisotopic (exact) mass is 279 g/mol. The van der Waals surface area contributed by atoms with Gasteiger partial charge in [-0.3, -0.25) is 4.90 Å². The Balaban J connectivity index is 2.11. The average Bonchev–Trinajstić information content (AvgIpc) is 2.38. The van der Waals surface area contributed by atoms with Gasteiger partial charge in [0.05, 0.1) is 6.10 Å². The van der Waals surface area contributed by atoms with Crippen LogP contribution < -0.4 is 0 Å². The molecule has 1 aliphatic rings. The summed E-state index contributed by atoms with van der Waals surface area (Å²) < 4.78 is 0. The van der Waals surface area contributed by atoms with Crippen molar-refractivity contribution in [2.24, 2.45) is 5.92 Å². The van der Waals surface area contributed by atoms with Gasteiger partial charge in [0, 0.05) is 24.1 Å². The van der Waals surface area contributed by atoms with Gasteiger partial charge in [-0.15, -0.1) is 0 Å². The molecule has 0 aliphatic carbocycles. The molecule has 0 aromatic heterocycles. The molecule has 1 aliphatic heterocycles. The predicted octanol–water partition coefficient (Wildman–Crippen LogP) is 2.97. The fourth-order valence-electron chi connectivity index (χ4n) is 2.64. The van der Waals surface area contributed by atoms with Crippen molar-refractivity contribution in [3.63, 3.8) is 0 Å². The first-order valence-corrected chi connectivity index (χ1v) is 8.28. The third-order valence-electron chi connectivity index (χ3n) is 3.74. The van der Waals surface area contributed by atoms with Crippen LogP contribution >= 0.6 is 11.8 Å². The quantitative estimate of drug-likeness (QED) is 0.916. The highest BCUT2D eigenvalue weighted by Gasteiger charge is 2.27. The number of thioether (sulfide) groups is 1. The molecule has 0 bridgehead atoms. The number of aliphatic hydroxyl groups is 1. The van der Waals surface area contributed by atoms with Gasteiger partial charge in [-0.2, -0.15) is 11.8 Å². The van der Waals surface area contributed by atoms with Crippen molar-refractivity contribution in [2.45, 2.75) is 32.4 Å². The Morgan fingerprint density at radius 1 is 1.42 bits per heavy atom. The maximum absolute atomic E-state index is 10.6. The Bertz CT molecular complexity index is 407. The van der Waals surface area contributed by atoms with Gasteiger partial charge in [-0.25, -0.2) is 0 Å². The zero-order valence-electron chi connectivity index (χ0n) is 12.2. The number of aliphatic hydroxyl groups excluding tert-OH is 1. The largest absolute Gasteiger partial charge is 0.387 e. The van der Waals surface area contributed by atoms with Crippen LogP contribution in [-0.4, -0.2) is 41.1 Å². The number of hydrogen-bond donors (Lipinski definition) is 1. The fourth-order valence-corrected chi connectivity index (χ4v) is 3.90. The molecule has 19 heavy (non-hydrogen) atoms. The van der Waals surface area contributed by atoms with Crippen LogP contribution in [0, 0.1) is 5.92 Å². The minimum absolute atomic E-state index is 0.244. The normalized spacial score (nSPS) is 22.7. The van der Waals surface area contributed by atoms with Gasteiger partial charge in [0.15, 0.2) is 0 Å². The minimum atomic E-state index is -0.370. The summed E-state index contributed by atoms with van der Waals surface area (Å²) in [6.07, 6.45) is 0.709. The molecule has 2 unspecified atom stereocenters. The summed E-state index contributed by atoms with van der Waals surface area (Å²) in [5.41, 5.74) is 2.40. The Hall–Kier alpha value is -0.510. The summed E-state index contributed by atoms with van der Waals surface area (Å²) in [6, 6.07) is 8.72. The molecule has 1 heterocycles. The molecule has 0 saturated carbocycles. The highest BCUT2D eigenvalue weighted by Crippen LogP contribution is 2.27. The molecule has 3 heteroatoms. The van der Waals surface area contributed by atoms with Crippen molar-refractivity contribution < 1.29 is 5.11 Å². The van der Waals surface area contributed by atoms with Crippen molar-refractivity contribution in [3.05, 3.63) is 35.4 Å². The number of rotatable bonds is 4. The average molecular weight is 279 g/mol. The van der Waals surface area contributed by atoms with Gasteiger partial charge in [0.25, 0.3) is 0 Å². The van der Waals surface area contributed by atoms with E-state index in [2.05, 4.69) is 50.1 Å². The number of benzene rings is 1. The van der Waals surface area contributed by atoms with Crippen LogP contribution in [0.4, 0.5) is 0 Å². The molecule has 1 aromatic carbocycles. The van der Waals surface area contributed by atoms with Gasteiger partial charge >= 0.3 is 0 Å². The molecule has 1 saturated heterocycles. The molecule has 106 valence electrons. The smallest absolute Gasteiger partial charge is 0.0953 e. The van der Waals surface area contributed by atoms with E-state index >= 15 is 0 Å². The second-order valence-corrected chi connectivity index (χ2v) is 7.06. The van der Waals surface area contributed by atoms with E-state index in [-0.39, 0.29) is 12.1 Å². The Labute approximate surface area is 121 Å². The summed E-state index contributed by atoms with van der Waals surface area (Å²) in [5.74, 6) is 2.85. The summed E-state index contributed by atoms with van der Waals surface area (Å²) in [7, 11) is 2.12. The second-order valence-electron chi connectivity index (χ2n) is 5.91. The van der Waals surface area contributed by atoms with E-state index in [0.29, 0.717) is 5.92 Å². The standard InChI is InChI=1S/C16H25NOS/c1-12(2)9-13-5-4-6-14(10-13)16(18)15-11-19-8-7-17(15)3/h4-6,10,12,15-16,18H,7-9,11H2,1-3H3. The lowest BCUT2D eigenvalue weighted by Gasteiger charge is -2.35. The van der Waals surface area contributed by atoms with Crippen LogP contribution in [0.15, 0.2) is 24.3 Å². The van der Waals surface area contributed by atoms with Crippen LogP contribution in [0.2, 0.25) is 0 Å². The van der Waals surface area contributed by atoms with Crippen molar-refractivity contribution in [3.8, 4) is 0 Å². The molecule has 2 rings (SSSR count). The summed E-state index contributed by atoms with van der Waals surface area (Å²) in [6.45, 7) is 5.53. The molecule has 2 atom stereocenters. The van der Waals surface area contributed by atoms with E-state index in [9.17, 15) is 5.11 Å². The van der Waals surface area contributed by atoms with Gasteiger partial charge in [0.2, 0.25) is 0 Å². The Morgan fingerprint density at radius 2 is 2.21 bits per heavy atom. The van der Waals surface area contributed by atoms with Crippen LogP contribution in [0.3, 0.4) is 0 Å². The van der Waals surface area contributed by atoms with Gasteiger partial charge in [-0.1, -0.05) is 38.1 Å². The van der Waals surface area contributed by atoms with E-state index in [4.69, 9.17) is 0 Å². The molecule has 2 nitrogen and oxygen atoms in total. The SMILES string of the molecule is CC(C)Cc1cccc(C(O)C2CSCCN2C)c1. The Kier molecular flexibility index (Phi) is 5.31. The van der Waals surface area contributed by atoms with E-state index in [1.54, 1.807) is 0 Å². The first-order valence-electron chi connectivity index (χ1n) is 7.13. The van der Waals surface area contributed by atoms with Gasteiger partial charge in [0.1, 0.15) is 0 Å². The van der Waals surface area contributed by atoms with Gasteiger partial charge in [-0.05, 0) is 30.5 Å². The lowest BCUT2D eigenvalue weighted by Crippen LogP contribution is -2.43. The van der Waals surface area contributed by atoms with Crippen LogP contribution in [0.1, 0.15) is 31.1 Å². The van der Waals surface area contributed by atoms with Crippen LogP contribution in [-0.2, 0) is 6.42 Å². The lowest BCUT2D eigenvalue weighted by atomic mass is 9.96. The third kappa shape index (κ3) is 3.98. The number of nitrogens with zero attached hydrogens (tertiary/aromatic N) is 1. The molecule has 1 aromatic rings. The summed E-state index contributed by atoms with van der Waals surface area (Å²) in [5, 5.41) is 10.6. The zero-order chi connectivity index (χ0) is 13.8. The van der Waals surface area contributed by atoms with Crippen LogP contribution in [0.25, 0.3) is 0 Å². The molecule has 0 spiro atoms. The maximum Gasteiger partial charge on any atom is 0.0953 e. The molecular formula is C16H25NOS. The fraction of sp³-hybridized carbons (Fsp3) is 0.625. The topological polar surface area (TPSA) is 23.5 Å². The zero-order valence-corrected chi connectivity index (χ0v) is 13.0. The predicted molar refractivity (Wildman–Crippen MR) is 83.7 cm³/mol. The first kappa shape index (κ1) is 14.9. The molecular weight excluding hydrogens is 254 g/mol. The second kappa shape index (κ2) is 6.78. The highest BCUT2D eigenvalue weighted by atomic mass is 32.2. The van der Waals surface area contributed by atoms with E-state index < -0.39 is 0 Å². The summed E-state index contributed by atoms with van der Waals surface area (Å²) >= 11 is 1.94. The van der Waals surface area contributed by atoms with Crippen molar-refractivity contribution in [2.75, 3.05) is 25.1 Å². The van der Waals surface area contributed by atoms with E-state index in [1.165, 1.54) is 11.3 Å². The maximum atomic E-state index is 10.6. The lowest BCUT2D eigenvalue weighted by molar-refractivity contribution is 0.0758. The highest BCUT2D eigenvalue weighted by molar-refractivity contribution is 7.99. The minimum Gasteiger partial charge on any atom is -0.387 e. The van der Waals surface area contributed by atoms with E-state index in [0.717, 1.165) is 24.3 Å². The molecule has 1 fully saturated rings. The number of hydrogen-bond acceptors (Lipinski definition) is 3. The molecule has 0 amide bonds. The van der Waals surface area contributed by atoms with Gasteiger partial charge < -0.3 is 5.11 Å².